The van der Waals surface area contributed by atoms with Gasteiger partial charge in [-0.05, 0) is 13.8 Å². The van der Waals surface area contributed by atoms with E-state index in [-0.39, 0.29) is 12.2 Å². The zero-order valence-electron chi connectivity index (χ0n) is 11.0. The SMILES string of the molecule is CCOC(=O)/C(=C(\C)C(=O)c1ccccc1)C(F)(F)F. The Morgan fingerprint density at radius 3 is 2.15 bits per heavy atom. The summed E-state index contributed by atoms with van der Waals surface area (Å²) < 4.78 is 43.1. The summed E-state index contributed by atoms with van der Waals surface area (Å²) in [6.45, 7) is 2.15. The number of carbonyl (C=O) groups is 2. The third-order valence-electron chi connectivity index (χ3n) is 2.51. The Kier molecular flexibility index (Phi) is 5.07. The van der Waals surface area contributed by atoms with Gasteiger partial charge >= 0.3 is 12.1 Å². The van der Waals surface area contributed by atoms with Gasteiger partial charge in [0.05, 0.1) is 6.61 Å². The van der Waals surface area contributed by atoms with Gasteiger partial charge in [-0.15, -0.1) is 0 Å². The average molecular weight is 286 g/mol. The van der Waals surface area contributed by atoms with Crippen LogP contribution in [0.25, 0.3) is 0 Å². The Labute approximate surface area is 114 Å². The number of ketones is 1. The first-order valence-electron chi connectivity index (χ1n) is 5.84. The summed E-state index contributed by atoms with van der Waals surface area (Å²) in [6, 6.07) is 7.44. The minimum Gasteiger partial charge on any atom is -0.462 e. The third-order valence-corrected chi connectivity index (χ3v) is 2.51. The molecule has 0 aliphatic heterocycles. The highest BCUT2D eigenvalue weighted by atomic mass is 19.4. The number of hydrogen-bond donors (Lipinski definition) is 0. The Balaban J connectivity index is 3.28. The van der Waals surface area contributed by atoms with E-state index in [1.165, 1.54) is 31.2 Å². The molecule has 0 aliphatic carbocycles. The number of ether oxygens (including phenoxy) is 1. The summed E-state index contributed by atoms with van der Waals surface area (Å²) in [6.07, 6.45) is -4.94. The predicted octanol–water partition coefficient (Wildman–Crippen LogP) is 3.31. The molecule has 1 aromatic rings. The maximum atomic E-state index is 12.9. The van der Waals surface area contributed by atoms with Crippen LogP contribution < -0.4 is 0 Å². The van der Waals surface area contributed by atoms with Crippen molar-refractivity contribution in [3.05, 3.63) is 47.0 Å². The van der Waals surface area contributed by atoms with Crippen LogP contribution in [0, 0.1) is 0 Å². The maximum Gasteiger partial charge on any atom is 0.423 e. The number of benzene rings is 1. The van der Waals surface area contributed by atoms with E-state index >= 15 is 0 Å². The molecule has 0 N–H and O–H groups in total. The number of alkyl halides is 3. The van der Waals surface area contributed by atoms with Gasteiger partial charge in [0, 0.05) is 11.1 Å². The van der Waals surface area contributed by atoms with Crippen molar-refractivity contribution >= 4 is 11.8 Å². The summed E-state index contributed by atoms with van der Waals surface area (Å²) in [5, 5.41) is 0. The number of halogens is 3. The normalized spacial score (nSPS) is 12.7. The van der Waals surface area contributed by atoms with Gasteiger partial charge in [0.15, 0.2) is 5.78 Å². The molecule has 0 aromatic heterocycles. The number of esters is 1. The predicted molar refractivity (Wildman–Crippen MR) is 66.2 cm³/mol. The molecule has 0 aliphatic rings. The van der Waals surface area contributed by atoms with Crippen LogP contribution in [0.3, 0.4) is 0 Å². The summed E-state index contributed by atoms with van der Waals surface area (Å²) >= 11 is 0. The van der Waals surface area contributed by atoms with Crippen LogP contribution in [0.4, 0.5) is 13.2 Å². The highest BCUT2D eigenvalue weighted by Crippen LogP contribution is 2.30. The summed E-state index contributed by atoms with van der Waals surface area (Å²) in [7, 11) is 0. The first-order chi connectivity index (χ1) is 9.29. The second-order valence-corrected chi connectivity index (χ2v) is 3.91. The first kappa shape index (κ1) is 15.9. The van der Waals surface area contributed by atoms with Crippen molar-refractivity contribution in [3.63, 3.8) is 0 Å². The van der Waals surface area contributed by atoms with E-state index in [0.717, 1.165) is 6.92 Å². The van der Waals surface area contributed by atoms with E-state index in [1.807, 2.05) is 0 Å². The molecule has 0 heterocycles. The van der Waals surface area contributed by atoms with Gasteiger partial charge in [-0.1, -0.05) is 30.3 Å². The molecular weight excluding hydrogens is 273 g/mol. The fourth-order valence-corrected chi connectivity index (χ4v) is 1.60. The zero-order chi connectivity index (χ0) is 15.3. The van der Waals surface area contributed by atoms with Crippen LogP contribution >= 0.6 is 0 Å². The average Bonchev–Trinajstić information content (AvgIpc) is 2.37. The summed E-state index contributed by atoms with van der Waals surface area (Å²) in [5.74, 6) is -2.40. The molecule has 0 atom stereocenters. The number of rotatable bonds is 4. The van der Waals surface area contributed by atoms with Crippen molar-refractivity contribution in [2.45, 2.75) is 20.0 Å². The molecule has 3 nitrogen and oxygen atoms in total. The summed E-state index contributed by atoms with van der Waals surface area (Å²) in [4.78, 5) is 23.4. The lowest BCUT2D eigenvalue weighted by molar-refractivity contribution is -0.150. The van der Waals surface area contributed by atoms with Crippen LogP contribution in [-0.4, -0.2) is 24.5 Å². The van der Waals surface area contributed by atoms with Gasteiger partial charge in [-0.3, -0.25) is 4.79 Å². The maximum absolute atomic E-state index is 12.9. The number of Topliss-reactive ketones (excluding diaryl/α,β-unsaturated/α-hetero) is 1. The smallest absolute Gasteiger partial charge is 0.423 e. The minimum atomic E-state index is -4.94. The standard InChI is InChI=1S/C14H13F3O3/c1-3-20-13(19)11(14(15,16)17)9(2)12(18)10-7-5-4-6-8-10/h4-8H,3H2,1-2H3/b11-9-. The lowest BCUT2D eigenvalue weighted by Gasteiger charge is -2.13. The van der Waals surface area contributed by atoms with Gasteiger partial charge in [0.1, 0.15) is 5.57 Å². The van der Waals surface area contributed by atoms with Crippen molar-refractivity contribution in [1.29, 1.82) is 0 Å². The minimum absolute atomic E-state index is 0.0797. The molecule has 20 heavy (non-hydrogen) atoms. The Morgan fingerprint density at radius 1 is 1.15 bits per heavy atom. The number of hydrogen-bond acceptors (Lipinski definition) is 3. The molecule has 0 spiro atoms. The molecule has 0 saturated carbocycles. The molecule has 0 saturated heterocycles. The molecule has 1 aromatic carbocycles. The second kappa shape index (κ2) is 6.36. The van der Waals surface area contributed by atoms with Crippen LogP contribution in [0.1, 0.15) is 24.2 Å². The van der Waals surface area contributed by atoms with Gasteiger partial charge in [-0.2, -0.15) is 13.2 Å². The van der Waals surface area contributed by atoms with E-state index < -0.39 is 29.1 Å². The monoisotopic (exact) mass is 286 g/mol. The highest BCUT2D eigenvalue weighted by molar-refractivity contribution is 6.12. The van der Waals surface area contributed by atoms with E-state index in [1.54, 1.807) is 6.07 Å². The van der Waals surface area contributed by atoms with Gasteiger partial charge in [-0.25, -0.2) is 4.79 Å². The van der Waals surface area contributed by atoms with Crippen molar-refractivity contribution in [1.82, 2.24) is 0 Å². The second-order valence-electron chi connectivity index (χ2n) is 3.91. The van der Waals surface area contributed by atoms with E-state index in [4.69, 9.17) is 0 Å². The number of carbonyl (C=O) groups excluding carboxylic acids is 2. The quantitative estimate of drug-likeness (QED) is 0.484. The van der Waals surface area contributed by atoms with Crippen LogP contribution in [0.15, 0.2) is 41.5 Å². The lowest BCUT2D eigenvalue weighted by atomic mass is 9.99. The molecule has 0 bridgehead atoms. The Hall–Kier alpha value is -2.11. The zero-order valence-corrected chi connectivity index (χ0v) is 11.0. The fourth-order valence-electron chi connectivity index (χ4n) is 1.60. The van der Waals surface area contributed by atoms with Gasteiger partial charge in [0.2, 0.25) is 0 Å². The molecule has 0 unspecified atom stereocenters. The molecule has 108 valence electrons. The Bertz CT molecular complexity index is 530. The van der Waals surface area contributed by atoms with Crippen molar-refractivity contribution in [2.24, 2.45) is 0 Å². The topological polar surface area (TPSA) is 43.4 Å². The van der Waals surface area contributed by atoms with Crippen molar-refractivity contribution in [3.8, 4) is 0 Å². The molecular formula is C14H13F3O3. The van der Waals surface area contributed by atoms with Crippen molar-refractivity contribution < 1.29 is 27.5 Å². The molecule has 1 rings (SSSR count). The van der Waals surface area contributed by atoms with E-state index in [2.05, 4.69) is 4.74 Å². The fraction of sp³-hybridized carbons (Fsp3) is 0.286. The lowest BCUT2D eigenvalue weighted by Crippen LogP contribution is -2.25. The third kappa shape index (κ3) is 3.69. The Morgan fingerprint density at radius 2 is 1.70 bits per heavy atom. The molecule has 6 heteroatoms. The molecule has 0 amide bonds. The van der Waals surface area contributed by atoms with E-state index in [0.29, 0.717) is 0 Å². The molecule has 0 fully saturated rings. The number of allylic oxidation sites excluding steroid dienone is 1. The molecule has 0 radical (unpaired) electrons. The van der Waals surface area contributed by atoms with Crippen LogP contribution in [0.2, 0.25) is 0 Å². The van der Waals surface area contributed by atoms with Crippen LogP contribution in [0.5, 0.6) is 0 Å². The van der Waals surface area contributed by atoms with Crippen LogP contribution in [-0.2, 0) is 9.53 Å². The van der Waals surface area contributed by atoms with E-state index in [9.17, 15) is 22.8 Å². The summed E-state index contributed by atoms with van der Waals surface area (Å²) in [5.41, 5.74) is -2.16. The first-order valence-corrected chi connectivity index (χ1v) is 5.84. The highest BCUT2D eigenvalue weighted by Gasteiger charge is 2.42. The van der Waals surface area contributed by atoms with Crippen molar-refractivity contribution in [2.75, 3.05) is 6.61 Å². The largest absolute Gasteiger partial charge is 0.462 e. The van der Waals surface area contributed by atoms with Gasteiger partial charge < -0.3 is 4.74 Å². The van der Waals surface area contributed by atoms with Gasteiger partial charge in [0.25, 0.3) is 0 Å².